The molecule has 0 aliphatic heterocycles. The predicted octanol–water partition coefficient (Wildman–Crippen LogP) is 8.11. The number of nitrogens with two attached hydrogens (primary N) is 1. The van der Waals surface area contributed by atoms with E-state index >= 15 is 0 Å². The van der Waals surface area contributed by atoms with Crippen molar-refractivity contribution in [2.24, 2.45) is 41.2 Å². The van der Waals surface area contributed by atoms with Crippen LogP contribution in [-0.2, 0) is 0 Å². The van der Waals surface area contributed by atoms with Gasteiger partial charge in [0.2, 0.25) is 0 Å². The Morgan fingerprint density at radius 3 is 1.86 bits per heavy atom. The van der Waals surface area contributed by atoms with Crippen molar-refractivity contribution in [2.75, 3.05) is 0 Å². The maximum atomic E-state index is 6.31. The fourth-order valence-corrected chi connectivity index (χ4v) is 7.34. The fraction of sp³-hybridized carbons (Fsp3) is 1.00. The van der Waals surface area contributed by atoms with Crippen LogP contribution < -0.4 is 5.73 Å². The summed E-state index contributed by atoms with van der Waals surface area (Å²) in [7, 11) is 0. The SMILES string of the molecule is CC1CC(N)CC(CCC2CCC(C3CCCCCCCCCC3)CC2C)C1. The minimum absolute atomic E-state index is 0.485. The molecule has 3 fully saturated rings. The molecule has 28 heavy (non-hydrogen) atoms. The third-order valence-electron chi connectivity index (χ3n) is 8.98. The van der Waals surface area contributed by atoms with Crippen LogP contribution in [0.2, 0.25) is 0 Å². The van der Waals surface area contributed by atoms with Gasteiger partial charge in [0.25, 0.3) is 0 Å². The predicted molar refractivity (Wildman–Crippen MR) is 123 cm³/mol. The molecule has 6 unspecified atom stereocenters. The van der Waals surface area contributed by atoms with Gasteiger partial charge in [-0.2, -0.15) is 0 Å². The molecule has 0 aromatic rings. The van der Waals surface area contributed by atoms with Gasteiger partial charge in [0.1, 0.15) is 0 Å². The molecular weight excluding hydrogens is 338 g/mol. The lowest BCUT2D eigenvalue weighted by Gasteiger charge is -2.39. The second-order valence-corrected chi connectivity index (χ2v) is 11.5. The van der Waals surface area contributed by atoms with Crippen LogP contribution in [0.25, 0.3) is 0 Å². The molecule has 0 bridgehead atoms. The molecule has 3 aliphatic carbocycles. The van der Waals surface area contributed by atoms with Crippen molar-refractivity contribution in [3.8, 4) is 0 Å². The Morgan fingerprint density at radius 2 is 1.25 bits per heavy atom. The average molecular weight is 390 g/mol. The number of hydrogen-bond donors (Lipinski definition) is 1. The van der Waals surface area contributed by atoms with E-state index in [1.165, 1.54) is 96.3 Å². The molecular formula is C27H51N. The molecule has 6 atom stereocenters. The fourth-order valence-electron chi connectivity index (χ4n) is 7.34. The van der Waals surface area contributed by atoms with Gasteiger partial charge in [0.15, 0.2) is 0 Å². The summed E-state index contributed by atoms with van der Waals surface area (Å²) in [5.74, 6) is 5.86. The van der Waals surface area contributed by atoms with Crippen molar-refractivity contribution in [3.63, 3.8) is 0 Å². The molecule has 2 N–H and O–H groups in total. The van der Waals surface area contributed by atoms with Gasteiger partial charge in [-0.15, -0.1) is 0 Å². The van der Waals surface area contributed by atoms with E-state index in [4.69, 9.17) is 5.73 Å². The quantitative estimate of drug-likeness (QED) is 0.516. The maximum Gasteiger partial charge on any atom is 0.00440 e. The molecule has 3 aliphatic rings. The summed E-state index contributed by atoms with van der Waals surface area (Å²) < 4.78 is 0. The zero-order chi connectivity index (χ0) is 19.8. The van der Waals surface area contributed by atoms with E-state index in [0.29, 0.717) is 6.04 Å². The molecule has 3 saturated carbocycles. The first kappa shape index (κ1) is 22.6. The van der Waals surface area contributed by atoms with Gasteiger partial charge < -0.3 is 5.73 Å². The van der Waals surface area contributed by atoms with Gasteiger partial charge >= 0.3 is 0 Å². The summed E-state index contributed by atoms with van der Waals surface area (Å²) in [5.41, 5.74) is 6.31. The molecule has 0 amide bonds. The zero-order valence-corrected chi connectivity index (χ0v) is 19.3. The highest BCUT2D eigenvalue weighted by atomic mass is 14.6. The van der Waals surface area contributed by atoms with Crippen LogP contribution in [0.3, 0.4) is 0 Å². The Kier molecular flexibility index (Phi) is 9.68. The molecule has 3 rings (SSSR count). The smallest absolute Gasteiger partial charge is 0.00440 e. The lowest BCUT2D eigenvalue weighted by Crippen LogP contribution is -2.32. The minimum atomic E-state index is 0.485. The zero-order valence-electron chi connectivity index (χ0n) is 19.3. The van der Waals surface area contributed by atoms with Crippen molar-refractivity contribution in [1.82, 2.24) is 0 Å². The van der Waals surface area contributed by atoms with Gasteiger partial charge in [-0.25, -0.2) is 0 Å². The van der Waals surface area contributed by atoms with Gasteiger partial charge in [0, 0.05) is 6.04 Å². The summed E-state index contributed by atoms with van der Waals surface area (Å²) in [4.78, 5) is 0. The van der Waals surface area contributed by atoms with E-state index in [1.807, 2.05) is 0 Å². The van der Waals surface area contributed by atoms with Crippen LogP contribution in [0.15, 0.2) is 0 Å². The van der Waals surface area contributed by atoms with Crippen LogP contribution in [0, 0.1) is 35.5 Å². The highest BCUT2D eigenvalue weighted by Gasteiger charge is 2.32. The normalized spacial score (nSPS) is 40.0. The van der Waals surface area contributed by atoms with E-state index < -0.39 is 0 Å². The van der Waals surface area contributed by atoms with Crippen LogP contribution in [0.5, 0.6) is 0 Å². The van der Waals surface area contributed by atoms with Crippen molar-refractivity contribution in [3.05, 3.63) is 0 Å². The molecule has 0 saturated heterocycles. The highest BCUT2D eigenvalue weighted by molar-refractivity contribution is 4.84. The van der Waals surface area contributed by atoms with Crippen molar-refractivity contribution < 1.29 is 0 Å². The summed E-state index contributed by atoms with van der Waals surface area (Å²) in [6.45, 7) is 5.01. The average Bonchev–Trinajstić information content (AvgIpc) is 2.72. The third kappa shape index (κ3) is 7.33. The third-order valence-corrected chi connectivity index (χ3v) is 8.98. The summed E-state index contributed by atoms with van der Waals surface area (Å²) in [6.07, 6.45) is 26.7. The van der Waals surface area contributed by atoms with Crippen LogP contribution in [0.4, 0.5) is 0 Å². The van der Waals surface area contributed by atoms with Crippen LogP contribution in [-0.4, -0.2) is 6.04 Å². The maximum absolute atomic E-state index is 6.31. The summed E-state index contributed by atoms with van der Waals surface area (Å²) in [6, 6.07) is 0.485. The van der Waals surface area contributed by atoms with Crippen molar-refractivity contribution >= 4 is 0 Å². The Hall–Kier alpha value is -0.0400. The molecule has 1 heteroatoms. The standard InChI is InChI=1S/C27H51N/c1-21-17-23(20-27(28)18-21)13-14-24-15-16-26(19-22(24)2)25-11-9-7-5-3-4-6-8-10-12-25/h21-27H,3-20,28H2,1-2H3. The monoisotopic (exact) mass is 389 g/mol. The first-order valence-corrected chi connectivity index (χ1v) is 13.4. The van der Waals surface area contributed by atoms with Gasteiger partial charge in [-0.3, -0.25) is 0 Å². The molecule has 0 aromatic carbocycles. The number of rotatable bonds is 4. The lowest BCUT2D eigenvalue weighted by atomic mass is 9.66. The van der Waals surface area contributed by atoms with E-state index in [1.54, 1.807) is 19.3 Å². The molecule has 1 nitrogen and oxygen atoms in total. The lowest BCUT2D eigenvalue weighted by molar-refractivity contribution is 0.118. The van der Waals surface area contributed by atoms with Gasteiger partial charge in [-0.05, 0) is 80.5 Å². The topological polar surface area (TPSA) is 26.0 Å². The first-order valence-electron chi connectivity index (χ1n) is 13.4. The summed E-state index contributed by atoms with van der Waals surface area (Å²) in [5, 5.41) is 0. The Morgan fingerprint density at radius 1 is 0.607 bits per heavy atom. The largest absolute Gasteiger partial charge is 0.328 e. The van der Waals surface area contributed by atoms with Crippen LogP contribution >= 0.6 is 0 Å². The molecule has 164 valence electrons. The second kappa shape index (κ2) is 12.0. The second-order valence-electron chi connectivity index (χ2n) is 11.5. The number of hydrogen-bond acceptors (Lipinski definition) is 1. The van der Waals surface area contributed by atoms with E-state index in [0.717, 1.165) is 35.5 Å². The molecule has 0 heterocycles. The van der Waals surface area contributed by atoms with Gasteiger partial charge in [0.05, 0.1) is 0 Å². The van der Waals surface area contributed by atoms with E-state index in [9.17, 15) is 0 Å². The van der Waals surface area contributed by atoms with Gasteiger partial charge in [-0.1, -0.05) is 84.5 Å². The Balaban J connectivity index is 1.42. The van der Waals surface area contributed by atoms with E-state index in [2.05, 4.69) is 13.8 Å². The van der Waals surface area contributed by atoms with E-state index in [-0.39, 0.29) is 0 Å². The molecule has 0 radical (unpaired) electrons. The summed E-state index contributed by atoms with van der Waals surface area (Å²) >= 11 is 0. The minimum Gasteiger partial charge on any atom is -0.328 e. The van der Waals surface area contributed by atoms with Crippen molar-refractivity contribution in [2.45, 2.75) is 135 Å². The van der Waals surface area contributed by atoms with Crippen LogP contribution in [0.1, 0.15) is 129 Å². The Labute approximate surface area is 177 Å². The first-order chi connectivity index (χ1) is 13.6. The van der Waals surface area contributed by atoms with Crippen molar-refractivity contribution in [1.29, 1.82) is 0 Å². The molecule has 0 aromatic heterocycles. The molecule has 0 spiro atoms. The highest BCUT2D eigenvalue weighted by Crippen LogP contribution is 2.43. The Bertz CT molecular complexity index is 396.